The summed E-state index contributed by atoms with van der Waals surface area (Å²) >= 11 is 0. The van der Waals surface area contributed by atoms with Crippen molar-refractivity contribution in [2.45, 2.75) is 71.3 Å². The van der Waals surface area contributed by atoms with Gasteiger partial charge in [-0.1, -0.05) is 19.1 Å². The number of aromatic nitrogens is 5. The molecule has 0 unspecified atom stereocenters. The molecule has 1 fully saturated rings. The second-order valence-electron chi connectivity index (χ2n) is 8.98. The molecule has 0 aliphatic heterocycles. The molecule has 32 heavy (non-hydrogen) atoms. The first-order valence-electron chi connectivity index (χ1n) is 11.5. The maximum Gasteiger partial charge on any atom is 0.247 e. The fourth-order valence-electron chi connectivity index (χ4n) is 4.73. The first-order valence-corrected chi connectivity index (χ1v) is 11.5. The van der Waals surface area contributed by atoms with Crippen molar-refractivity contribution in [2.24, 2.45) is 5.73 Å². The van der Waals surface area contributed by atoms with Crippen molar-refractivity contribution in [3.05, 3.63) is 64.4 Å². The molecule has 1 aliphatic rings. The van der Waals surface area contributed by atoms with E-state index in [4.69, 9.17) is 20.2 Å². The van der Waals surface area contributed by atoms with Gasteiger partial charge in [0, 0.05) is 40.9 Å². The molecule has 1 saturated carbocycles. The van der Waals surface area contributed by atoms with Crippen LogP contribution in [0.15, 0.2) is 34.7 Å². The molecule has 3 aromatic heterocycles. The van der Waals surface area contributed by atoms with E-state index in [-0.39, 0.29) is 0 Å². The number of benzene rings is 1. The molecule has 0 spiro atoms. The van der Waals surface area contributed by atoms with E-state index >= 15 is 0 Å². The summed E-state index contributed by atoms with van der Waals surface area (Å²) in [5.41, 5.74) is 13.6. The van der Waals surface area contributed by atoms with Crippen molar-refractivity contribution in [3.63, 3.8) is 0 Å². The van der Waals surface area contributed by atoms with Gasteiger partial charge in [0.25, 0.3) is 0 Å². The summed E-state index contributed by atoms with van der Waals surface area (Å²) in [4.78, 5) is 4.78. The first-order chi connectivity index (χ1) is 15.5. The Morgan fingerprint density at radius 3 is 2.53 bits per heavy atom. The zero-order valence-corrected chi connectivity index (χ0v) is 19.0. The van der Waals surface area contributed by atoms with Gasteiger partial charge in [-0.3, -0.25) is 0 Å². The van der Waals surface area contributed by atoms with E-state index in [2.05, 4.69) is 54.4 Å². The molecule has 2 N–H and O–H groups in total. The number of rotatable bonds is 5. The number of nitrogens with two attached hydrogens (primary N) is 1. The maximum absolute atomic E-state index is 6.02. The highest BCUT2D eigenvalue weighted by Crippen LogP contribution is 2.33. The summed E-state index contributed by atoms with van der Waals surface area (Å²) in [6.07, 6.45) is 5.76. The largest absolute Gasteiger partial charge is 0.420 e. The number of aryl methyl sites for hydroxylation is 3. The van der Waals surface area contributed by atoms with Gasteiger partial charge in [0.2, 0.25) is 11.8 Å². The van der Waals surface area contributed by atoms with Gasteiger partial charge < -0.3 is 10.2 Å². The topological polar surface area (TPSA) is 95.1 Å². The van der Waals surface area contributed by atoms with E-state index in [9.17, 15) is 0 Å². The molecular formula is C25H30N6O. The average Bonchev–Trinajstić information content (AvgIpc) is 3.41. The van der Waals surface area contributed by atoms with Crippen LogP contribution >= 0.6 is 0 Å². The van der Waals surface area contributed by atoms with Gasteiger partial charge in [0.05, 0.1) is 5.69 Å². The summed E-state index contributed by atoms with van der Waals surface area (Å²) in [5.74, 6) is 1.66. The Balaban J connectivity index is 1.37. The highest BCUT2D eigenvalue weighted by Gasteiger charge is 2.25. The third-order valence-electron chi connectivity index (χ3n) is 6.55. The maximum atomic E-state index is 6.02. The SMILES string of the molecule is CCc1nn2c(C)cc(C)nc2c1Cc1ccc(-c2nnc(C3CCC(N)CC3)o2)cc1. The third kappa shape index (κ3) is 3.93. The van der Waals surface area contributed by atoms with E-state index in [1.54, 1.807) is 0 Å². The molecule has 0 bridgehead atoms. The van der Waals surface area contributed by atoms with Gasteiger partial charge in [-0.2, -0.15) is 5.10 Å². The van der Waals surface area contributed by atoms with Crippen molar-refractivity contribution in [3.8, 4) is 11.5 Å². The van der Waals surface area contributed by atoms with Crippen molar-refractivity contribution >= 4 is 5.65 Å². The Labute approximate surface area is 188 Å². The Morgan fingerprint density at radius 1 is 1.06 bits per heavy atom. The van der Waals surface area contributed by atoms with Gasteiger partial charge in [0.1, 0.15) is 0 Å². The van der Waals surface area contributed by atoms with Crippen LogP contribution in [-0.4, -0.2) is 30.8 Å². The summed E-state index contributed by atoms with van der Waals surface area (Å²) in [5, 5.41) is 13.4. The van der Waals surface area contributed by atoms with Gasteiger partial charge in [-0.05, 0) is 69.7 Å². The van der Waals surface area contributed by atoms with Crippen molar-refractivity contribution in [2.75, 3.05) is 0 Å². The summed E-state index contributed by atoms with van der Waals surface area (Å²) in [6.45, 7) is 6.25. The van der Waals surface area contributed by atoms with E-state index in [1.807, 2.05) is 11.4 Å². The fourth-order valence-corrected chi connectivity index (χ4v) is 4.73. The zero-order valence-electron chi connectivity index (χ0n) is 19.0. The van der Waals surface area contributed by atoms with E-state index in [0.717, 1.165) is 72.7 Å². The zero-order chi connectivity index (χ0) is 22.2. The van der Waals surface area contributed by atoms with Crippen LogP contribution in [0, 0.1) is 13.8 Å². The second kappa shape index (κ2) is 8.47. The molecule has 1 aliphatic carbocycles. The number of hydrogen-bond acceptors (Lipinski definition) is 6. The van der Waals surface area contributed by atoms with Gasteiger partial charge in [-0.25, -0.2) is 9.50 Å². The molecule has 4 aromatic rings. The Kier molecular flexibility index (Phi) is 5.51. The lowest BCUT2D eigenvalue weighted by atomic mass is 9.86. The van der Waals surface area contributed by atoms with Crippen molar-refractivity contribution in [1.82, 2.24) is 24.8 Å². The Bertz CT molecular complexity index is 1230. The lowest BCUT2D eigenvalue weighted by Crippen LogP contribution is -2.25. The molecule has 0 atom stereocenters. The van der Waals surface area contributed by atoms with Crippen LogP contribution in [0.2, 0.25) is 0 Å². The fraction of sp³-hybridized carbons (Fsp3) is 0.440. The highest BCUT2D eigenvalue weighted by molar-refractivity contribution is 5.56. The van der Waals surface area contributed by atoms with Gasteiger partial charge >= 0.3 is 0 Å². The molecule has 166 valence electrons. The summed E-state index contributed by atoms with van der Waals surface area (Å²) in [6, 6.07) is 10.8. The minimum absolute atomic E-state index is 0.311. The van der Waals surface area contributed by atoms with E-state index < -0.39 is 0 Å². The molecule has 7 heteroatoms. The van der Waals surface area contributed by atoms with Crippen LogP contribution in [0.1, 0.15) is 72.6 Å². The lowest BCUT2D eigenvalue weighted by molar-refractivity contribution is 0.341. The summed E-state index contributed by atoms with van der Waals surface area (Å²) < 4.78 is 7.99. The number of hydrogen-bond donors (Lipinski definition) is 1. The average molecular weight is 431 g/mol. The highest BCUT2D eigenvalue weighted by atomic mass is 16.4. The van der Waals surface area contributed by atoms with Crippen LogP contribution in [0.4, 0.5) is 0 Å². The molecule has 7 nitrogen and oxygen atoms in total. The smallest absolute Gasteiger partial charge is 0.247 e. The summed E-state index contributed by atoms with van der Waals surface area (Å²) in [7, 11) is 0. The van der Waals surface area contributed by atoms with Gasteiger partial charge in [-0.15, -0.1) is 10.2 Å². The minimum Gasteiger partial charge on any atom is -0.420 e. The van der Waals surface area contributed by atoms with Crippen LogP contribution < -0.4 is 5.73 Å². The minimum atomic E-state index is 0.311. The van der Waals surface area contributed by atoms with Crippen LogP contribution in [0.5, 0.6) is 0 Å². The Morgan fingerprint density at radius 2 is 1.81 bits per heavy atom. The molecule has 5 rings (SSSR count). The second-order valence-corrected chi connectivity index (χ2v) is 8.98. The molecule has 1 aromatic carbocycles. The predicted octanol–water partition coefficient (Wildman–Crippen LogP) is 4.53. The standard InChI is InChI=1S/C25H30N6O/c1-4-22-21(23-27-15(2)13-16(3)31(23)30-22)14-17-5-7-18(8-6-17)24-28-29-25(32-24)19-9-11-20(26)12-10-19/h5-8,13,19-20H,4,9-12,14,26H2,1-3H3. The normalized spacial score (nSPS) is 19.0. The van der Waals surface area contributed by atoms with E-state index in [1.165, 1.54) is 11.1 Å². The molecule has 0 saturated heterocycles. The van der Waals surface area contributed by atoms with Gasteiger partial charge in [0.15, 0.2) is 5.65 Å². The number of nitrogens with zero attached hydrogens (tertiary/aromatic N) is 5. The quantitative estimate of drug-likeness (QED) is 0.500. The van der Waals surface area contributed by atoms with Crippen LogP contribution in [0.25, 0.3) is 17.1 Å². The van der Waals surface area contributed by atoms with Crippen molar-refractivity contribution < 1.29 is 4.42 Å². The molecular weight excluding hydrogens is 400 g/mol. The monoisotopic (exact) mass is 430 g/mol. The lowest BCUT2D eigenvalue weighted by Gasteiger charge is -2.23. The van der Waals surface area contributed by atoms with E-state index in [0.29, 0.717) is 17.9 Å². The molecule has 0 amide bonds. The molecule has 0 radical (unpaired) electrons. The number of fused-ring (bicyclic) bond motifs is 1. The van der Waals surface area contributed by atoms with Crippen LogP contribution in [-0.2, 0) is 12.8 Å². The molecule has 3 heterocycles. The predicted molar refractivity (Wildman–Crippen MR) is 124 cm³/mol. The first kappa shape index (κ1) is 20.8. The van der Waals surface area contributed by atoms with Crippen molar-refractivity contribution in [1.29, 1.82) is 0 Å². The third-order valence-corrected chi connectivity index (χ3v) is 6.55. The Hall–Kier alpha value is -3.06. The van der Waals surface area contributed by atoms with Crippen LogP contribution in [0.3, 0.4) is 0 Å².